The van der Waals surface area contributed by atoms with Gasteiger partial charge < -0.3 is 15.5 Å². The van der Waals surface area contributed by atoms with Crippen molar-refractivity contribution in [2.45, 2.75) is 90.7 Å². The third kappa shape index (κ3) is 4.11. The van der Waals surface area contributed by atoms with Crippen LogP contribution in [0, 0.1) is 29.1 Å². The number of aliphatic carboxylic acids is 1. The minimum absolute atomic E-state index is 0.0149. The number of carbonyl (C=O) groups is 1. The van der Waals surface area contributed by atoms with E-state index in [1.165, 1.54) is 16.7 Å². The number of carboxylic acids is 1. The van der Waals surface area contributed by atoms with Crippen LogP contribution in [0.2, 0.25) is 0 Å². The number of allylic oxidation sites excluding steroid dienone is 1. The number of nitrogens with one attached hydrogen (secondary N) is 1. The fraction of sp³-hybridized carbons (Fsp3) is 0.679. The van der Waals surface area contributed by atoms with Crippen LogP contribution in [0.15, 0.2) is 30.4 Å². The van der Waals surface area contributed by atoms with E-state index in [1.54, 1.807) is 0 Å². The van der Waals surface area contributed by atoms with Crippen LogP contribution in [0.5, 0.6) is 0 Å². The molecule has 1 aromatic carbocycles. The Labute approximate surface area is 193 Å². The van der Waals surface area contributed by atoms with Crippen molar-refractivity contribution in [3.8, 4) is 0 Å². The zero-order valence-corrected chi connectivity index (χ0v) is 20.2. The van der Waals surface area contributed by atoms with Crippen LogP contribution in [0.3, 0.4) is 0 Å². The lowest BCUT2D eigenvalue weighted by Crippen LogP contribution is -2.47. The summed E-state index contributed by atoms with van der Waals surface area (Å²) >= 11 is 0. The maximum absolute atomic E-state index is 11.7. The minimum Gasteiger partial charge on any atom is -0.480 e. The van der Waals surface area contributed by atoms with E-state index < -0.39 is 12.0 Å². The third-order valence-corrected chi connectivity index (χ3v) is 9.05. The minimum atomic E-state index is -0.802. The van der Waals surface area contributed by atoms with Crippen molar-refractivity contribution in [1.82, 2.24) is 0 Å². The van der Waals surface area contributed by atoms with Crippen LogP contribution in [0.25, 0.3) is 0 Å². The second-order valence-electron chi connectivity index (χ2n) is 11.5. The highest BCUT2D eigenvalue weighted by atomic mass is 16.4. The molecule has 3 aliphatic carbocycles. The Bertz CT molecular complexity index is 877. The van der Waals surface area contributed by atoms with Gasteiger partial charge in [-0.25, -0.2) is 4.79 Å². The van der Waals surface area contributed by atoms with Gasteiger partial charge in [-0.1, -0.05) is 32.4 Å². The van der Waals surface area contributed by atoms with Crippen molar-refractivity contribution in [2.24, 2.45) is 29.1 Å². The maximum atomic E-state index is 11.7. The van der Waals surface area contributed by atoms with Crippen molar-refractivity contribution in [2.75, 3.05) is 5.32 Å². The average molecular weight is 440 g/mol. The first-order chi connectivity index (χ1) is 15.1. The van der Waals surface area contributed by atoms with Gasteiger partial charge in [0.05, 0.1) is 6.10 Å². The highest BCUT2D eigenvalue weighted by molar-refractivity contribution is 5.77. The van der Waals surface area contributed by atoms with Crippen LogP contribution in [-0.4, -0.2) is 28.3 Å². The molecule has 2 fully saturated rings. The Kier molecular flexibility index (Phi) is 6.46. The molecule has 7 atom stereocenters. The number of rotatable bonds is 7. The molecule has 0 saturated heterocycles. The lowest BCUT2D eigenvalue weighted by Gasteiger charge is -2.53. The lowest BCUT2D eigenvalue weighted by molar-refractivity contribution is -0.138. The molecule has 1 aromatic rings. The first-order valence-corrected chi connectivity index (χ1v) is 12.6. The van der Waals surface area contributed by atoms with E-state index in [2.05, 4.69) is 43.9 Å². The lowest BCUT2D eigenvalue weighted by atomic mass is 9.52. The quantitative estimate of drug-likeness (QED) is 0.455. The second-order valence-corrected chi connectivity index (χ2v) is 11.5. The third-order valence-electron chi connectivity index (χ3n) is 9.05. The molecule has 0 bridgehead atoms. The van der Waals surface area contributed by atoms with Crippen LogP contribution in [0.1, 0.15) is 83.3 Å². The molecule has 0 aliphatic heterocycles. The number of fused-ring (bicyclic) bond motifs is 5. The van der Waals surface area contributed by atoms with Gasteiger partial charge >= 0.3 is 5.97 Å². The summed E-state index contributed by atoms with van der Waals surface area (Å²) in [6.07, 6.45) is 7.42. The van der Waals surface area contributed by atoms with Crippen molar-refractivity contribution in [1.29, 1.82) is 0 Å². The molecule has 7 unspecified atom stereocenters. The topological polar surface area (TPSA) is 69.6 Å². The van der Waals surface area contributed by atoms with Crippen molar-refractivity contribution < 1.29 is 15.0 Å². The summed E-state index contributed by atoms with van der Waals surface area (Å²) in [7, 11) is 0. The van der Waals surface area contributed by atoms with E-state index in [9.17, 15) is 15.0 Å². The van der Waals surface area contributed by atoms with Crippen LogP contribution in [-0.2, 0) is 11.2 Å². The molecule has 176 valence electrons. The number of aliphatic hydroxyl groups is 1. The number of anilines is 1. The van der Waals surface area contributed by atoms with Crippen molar-refractivity contribution in [3.05, 3.63) is 41.5 Å². The van der Waals surface area contributed by atoms with Gasteiger partial charge in [0.25, 0.3) is 0 Å². The molecule has 3 N–H and O–H groups in total. The monoisotopic (exact) mass is 439 g/mol. The summed E-state index contributed by atoms with van der Waals surface area (Å²) in [5, 5.41) is 23.7. The fourth-order valence-electron chi connectivity index (χ4n) is 7.26. The maximum Gasteiger partial charge on any atom is 0.326 e. The molecule has 0 amide bonds. The standard InChI is InChI=1S/C28H41NO3/c1-16(2)6-7-18-14-19-15-20(29-26(17(3)4)27(31)32)8-9-21(19)22-12-13-28(5)23(25(18)22)10-11-24(28)30/h8-9,15,17-18,22-26,29-30H,1,6-7,10-14H2,2-5H3,(H,31,32). The van der Waals surface area contributed by atoms with Gasteiger partial charge in [0.2, 0.25) is 0 Å². The highest BCUT2D eigenvalue weighted by Crippen LogP contribution is 2.62. The Hall–Kier alpha value is -1.81. The predicted octanol–water partition coefficient (Wildman–Crippen LogP) is 6.01. The zero-order chi connectivity index (χ0) is 23.2. The molecule has 0 aromatic heterocycles. The largest absolute Gasteiger partial charge is 0.480 e. The van der Waals surface area contributed by atoms with Gasteiger partial charge in [0.15, 0.2) is 0 Å². The van der Waals surface area contributed by atoms with Crippen LogP contribution in [0.4, 0.5) is 5.69 Å². The van der Waals surface area contributed by atoms with Gasteiger partial charge in [-0.15, -0.1) is 6.58 Å². The molecule has 2 saturated carbocycles. The predicted molar refractivity (Wildman–Crippen MR) is 130 cm³/mol. The molecule has 32 heavy (non-hydrogen) atoms. The summed E-state index contributed by atoms with van der Waals surface area (Å²) in [6, 6.07) is 5.98. The summed E-state index contributed by atoms with van der Waals surface area (Å²) in [4.78, 5) is 11.7. The first-order valence-electron chi connectivity index (χ1n) is 12.6. The van der Waals surface area contributed by atoms with E-state index in [1.807, 2.05) is 13.8 Å². The Morgan fingerprint density at radius 3 is 2.69 bits per heavy atom. The zero-order valence-electron chi connectivity index (χ0n) is 20.2. The van der Waals surface area contributed by atoms with Gasteiger partial charge in [-0.2, -0.15) is 0 Å². The van der Waals surface area contributed by atoms with Crippen LogP contribution < -0.4 is 5.32 Å². The fourth-order valence-corrected chi connectivity index (χ4v) is 7.26. The normalized spacial score (nSPS) is 34.4. The molecule has 4 rings (SSSR count). The van der Waals surface area contributed by atoms with E-state index in [4.69, 9.17) is 0 Å². The molecule has 3 aliphatic rings. The van der Waals surface area contributed by atoms with E-state index >= 15 is 0 Å². The molecule has 0 heterocycles. The number of carboxylic acid groups (broad SMARTS) is 1. The van der Waals surface area contributed by atoms with Crippen molar-refractivity contribution >= 4 is 11.7 Å². The summed E-state index contributed by atoms with van der Waals surface area (Å²) in [6.45, 7) is 12.5. The van der Waals surface area contributed by atoms with Gasteiger partial charge in [0, 0.05) is 5.69 Å². The molecule has 4 nitrogen and oxygen atoms in total. The summed E-state index contributed by atoms with van der Waals surface area (Å²) in [5.74, 6) is 1.57. The first kappa shape index (κ1) is 23.4. The van der Waals surface area contributed by atoms with E-state index in [-0.39, 0.29) is 17.4 Å². The number of hydrogen-bond acceptors (Lipinski definition) is 3. The SMILES string of the molecule is C=C(C)CCC1Cc2cc(NC(C(=O)O)C(C)C)ccc2C2CCC3(C)C(O)CCC3C12. The summed E-state index contributed by atoms with van der Waals surface area (Å²) in [5.41, 5.74) is 5.08. The second kappa shape index (κ2) is 8.85. The molecule has 4 heteroatoms. The smallest absolute Gasteiger partial charge is 0.326 e. The van der Waals surface area contributed by atoms with Crippen LogP contribution >= 0.6 is 0 Å². The molecule has 0 radical (unpaired) electrons. The van der Waals surface area contributed by atoms with Gasteiger partial charge in [-0.3, -0.25) is 0 Å². The highest BCUT2D eigenvalue weighted by Gasteiger charge is 2.56. The molecular formula is C28H41NO3. The average Bonchev–Trinajstić information content (AvgIpc) is 3.04. The molecular weight excluding hydrogens is 398 g/mol. The van der Waals surface area contributed by atoms with Gasteiger partial charge in [-0.05, 0) is 110 Å². The number of benzene rings is 1. The number of hydrogen-bond donors (Lipinski definition) is 3. The molecule has 0 spiro atoms. The van der Waals surface area contributed by atoms with E-state index in [0.29, 0.717) is 23.7 Å². The Balaban J connectivity index is 1.66. The number of aliphatic hydroxyl groups excluding tert-OH is 1. The van der Waals surface area contributed by atoms with Crippen molar-refractivity contribution in [3.63, 3.8) is 0 Å². The van der Waals surface area contributed by atoms with Gasteiger partial charge in [0.1, 0.15) is 6.04 Å². The Morgan fingerprint density at radius 1 is 1.28 bits per heavy atom. The Morgan fingerprint density at radius 2 is 2.03 bits per heavy atom. The summed E-state index contributed by atoms with van der Waals surface area (Å²) < 4.78 is 0. The van der Waals surface area contributed by atoms with E-state index in [0.717, 1.165) is 50.6 Å².